The number of carbonyl (C=O) groups excluding carboxylic acids is 3. The minimum absolute atomic E-state index is 0.0653. The van der Waals surface area contributed by atoms with E-state index >= 15 is 0 Å². The summed E-state index contributed by atoms with van der Waals surface area (Å²) in [6.45, 7) is 5.15. The molecule has 0 aliphatic carbocycles. The molecule has 0 unspecified atom stereocenters. The van der Waals surface area contributed by atoms with Crippen LogP contribution < -0.4 is 5.32 Å². The number of hydrogen-bond acceptors (Lipinski definition) is 3. The van der Waals surface area contributed by atoms with Crippen LogP contribution in [-0.2, 0) is 4.79 Å². The van der Waals surface area contributed by atoms with Gasteiger partial charge in [0.05, 0.1) is 0 Å². The van der Waals surface area contributed by atoms with Crippen LogP contribution in [0.4, 0.5) is 0 Å². The van der Waals surface area contributed by atoms with Gasteiger partial charge in [-0.05, 0) is 54.5 Å². The maximum absolute atomic E-state index is 13.4. The molecule has 4 rings (SSSR count). The lowest BCUT2D eigenvalue weighted by Crippen LogP contribution is -2.52. The van der Waals surface area contributed by atoms with Crippen LogP contribution in [0.1, 0.15) is 64.4 Å². The average Bonchev–Trinajstić information content (AvgIpc) is 2.91. The first-order valence-electron chi connectivity index (χ1n) is 12.4. The Labute approximate surface area is 217 Å². The van der Waals surface area contributed by atoms with Crippen LogP contribution in [0.25, 0.3) is 0 Å². The van der Waals surface area contributed by atoms with Crippen molar-refractivity contribution in [3.8, 4) is 0 Å². The van der Waals surface area contributed by atoms with Crippen molar-refractivity contribution in [2.24, 2.45) is 5.92 Å². The van der Waals surface area contributed by atoms with E-state index in [1.54, 1.807) is 48.5 Å². The summed E-state index contributed by atoms with van der Waals surface area (Å²) in [5.41, 5.74) is 2.60. The number of halogens is 1. The van der Waals surface area contributed by atoms with Gasteiger partial charge in [-0.25, -0.2) is 0 Å². The number of nitrogens with one attached hydrogen (secondary N) is 1. The second-order valence-corrected chi connectivity index (χ2v) is 10.1. The first-order chi connectivity index (χ1) is 17.3. The molecule has 0 aromatic heterocycles. The van der Waals surface area contributed by atoms with Gasteiger partial charge in [-0.2, -0.15) is 0 Å². The molecule has 186 valence electrons. The summed E-state index contributed by atoms with van der Waals surface area (Å²) in [6.07, 6.45) is 1.74. The van der Waals surface area contributed by atoms with Crippen molar-refractivity contribution in [2.75, 3.05) is 13.1 Å². The molecular formula is C30H31ClN2O3. The number of piperidine rings is 1. The Morgan fingerprint density at radius 2 is 1.44 bits per heavy atom. The van der Waals surface area contributed by atoms with Crippen LogP contribution in [0.15, 0.2) is 78.9 Å². The van der Waals surface area contributed by atoms with Crippen LogP contribution in [-0.4, -0.2) is 41.6 Å². The van der Waals surface area contributed by atoms with E-state index in [1.807, 2.05) is 36.9 Å². The summed E-state index contributed by atoms with van der Waals surface area (Å²) in [5.74, 6) is -0.261. The monoisotopic (exact) mass is 502 g/mol. The Morgan fingerprint density at radius 1 is 0.833 bits per heavy atom. The van der Waals surface area contributed by atoms with E-state index in [2.05, 4.69) is 17.4 Å². The second-order valence-electron chi connectivity index (χ2n) is 9.62. The zero-order chi connectivity index (χ0) is 25.7. The van der Waals surface area contributed by atoms with E-state index < -0.39 is 6.04 Å². The molecule has 0 bridgehead atoms. The Hall–Kier alpha value is -3.44. The minimum Gasteiger partial charge on any atom is -0.341 e. The van der Waals surface area contributed by atoms with E-state index in [4.69, 9.17) is 11.6 Å². The second kappa shape index (κ2) is 11.5. The van der Waals surface area contributed by atoms with Crippen molar-refractivity contribution < 1.29 is 14.4 Å². The van der Waals surface area contributed by atoms with Gasteiger partial charge < -0.3 is 10.2 Å². The molecule has 0 radical (unpaired) electrons. The third-order valence-corrected chi connectivity index (χ3v) is 7.04. The molecular weight excluding hydrogens is 472 g/mol. The molecule has 0 saturated carbocycles. The highest BCUT2D eigenvalue weighted by Crippen LogP contribution is 2.29. The predicted octanol–water partition coefficient (Wildman–Crippen LogP) is 5.73. The van der Waals surface area contributed by atoms with Crippen LogP contribution in [0.5, 0.6) is 0 Å². The van der Waals surface area contributed by atoms with Crippen LogP contribution in [0.2, 0.25) is 5.02 Å². The molecule has 0 spiro atoms. The van der Waals surface area contributed by atoms with Gasteiger partial charge in [-0.3, -0.25) is 14.4 Å². The standard InChI is InChI=1S/C30H31ClN2O3/c1-20(2)27(30(36)33-17-15-22(16-18-33)21-11-13-26(31)14-12-21)32-29(35)25-10-6-9-24(19-25)28(34)23-7-4-3-5-8-23/h3-14,19-20,22,27H,15-18H2,1-2H3,(H,32,35)/t27-/m1/s1. The van der Waals surface area contributed by atoms with Gasteiger partial charge in [0.25, 0.3) is 5.91 Å². The van der Waals surface area contributed by atoms with Crippen molar-refractivity contribution in [2.45, 2.75) is 38.6 Å². The van der Waals surface area contributed by atoms with Crippen molar-refractivity contribution in [3.63, 3.8) is 0 Å². The molecule has 1 N–H and O–H groups in total. The molecule has 1 atom stereocenters. The summed E-state index contributed by atoms with van der Waals surface area (Å²) in [5, 5.41) is 3.65. The number of likely N-dealkylation sites (tertiary alicyclic amines) is 1. The molecule has 1 aliphatic heterocycles. The molecule has 36 heavy (non-hydrogen) atoms. The maximum Gasteiger partial charge on any atom is 0.251 e. The van der Waals surface area contributed by atoms with Gasteiger partial charge in [0.2, 0.25) is 5.91 Å². The number of rotatable bonds is 7. The summed E-state index contributed by atoms with van der Waals surface area (Å²) < 4.78 is 0. The number of nitrogens with zero attached hydrogens (tertiary/aromatic N) is 1. The first-order valence-corrected chi connectivity index (χ1v) is 12.8. The quantitative estimate of drug-likeness (QED) is 0.419. The van der Waals surface area contributed by atoms with Crippen molar-refractivity contribution >= 4 is 29.2 Å². The number of amides is 2. The van der Waals surface area contributed by atoms with Gasteiger partial charge in [0.15, 0.2) is 5.78 Å². The topological polar surface area (TPSA) is 66.5 Å². The lowest BCUT2D eigenvalue weighted by Gasteiger charge is -2.35. The average molecular weight is 503 g/mol. The smallest absolute Gasteiger partial charge is 0.251 e. The Balaban J connectivity index is 1.41. The van der Waals surface area contributed by atoms with Crippen LogP contribution in [0.3, 0.4) is 0 Å². The van der Waals surface area contributed by atoms with E-state index in [-0.39, 0.29) is 23.5 Å². The van der Waals surface area contributed by atoms with E-state index in [0.717, 1.165) is 17.9 Å². The van der Waals surface area contributed by atoms with Gasteiger partial charge in [-0.1, -0.05) is 80.0 Å². The fourth-order valence-corrected chi connectivity index (χ4v) is 4.79. The largest absolute Gasteiger partial charge is 0.341 e. The first kappa shape index (κ1) is 25.6. The maximum atomic E-state index is 13.4. The molecule has 2 amide bonds. The fraction of sp³-hybridized carbons (Fsp3) is 0.300. The van der Waals surface area contributed by atoms with E-state index in [1.165, 1.54) is 5.56 Å². The van der Waals surface area contributed by atoms with Crippen LogP contribution >= 0.6 is 11.6 Å². The highest BCUT2D eigenvalue weighted by Gasteiger charge is 2.32. The van der Waals surface area contributed by atoms with Gasteiger partial charge in [0, 0.05) is 34.8 Å². The van der Waals surface area contributed by atoms with E-state index in [9.17, 15) is 14.4 Å². The molecule has 5 nitrogen and oxygen atoms in total. The van der Waals surface area contributed by atoms with Crippen molar-refractivity contribution in [1.82, 2.24) is 10.2 Å². The molecule has 6 heteroatoms. The number of carbonyl (C=O) groups is 3. The predicted molar refractivity (Wildman–Crippen MR) is 142 cm³/mol. The Kier molecular flexibility index (Phi) is 8.21. The van der Waals surface area contributed by atoms with Gasteiger partial charge in [-0.15, -0.1) is 0 Å². The number of benzene rings is 3. The molecule has 1 fully saturated rings. The molecule has 3 aromatic rings. The highest BCUT2D eigenvalue weighted by molar-refractivity contribution is 6.30. The summed E-state index contributed by atoms with van der Waals surface area (Å²) >= 11 is 6.01. The SMILES string of the molecule is CC(C)[C@@H](NC(=O)c1cccc(C(=O)c2ccccc2)c1)C(=O)N1CCC(c2ccc(Cl)cc2)CC1. The lowest BCUT2D eigenvalue weighted by atomic mass is 9.89. The molecule has 1 aliphatic rings. The zero-order valence-corrected chi connectivity index (χ0v) is 21.4. The van der Waals surface area contributed by atoms with Crippen LogP contribution in [0, 0.1) is 5.92 Å². The number of hydrogen-bond donors (Lipinski definition) is 1. The third kappa shape index (κ3) is 6.03. The lowest BCUT2D eigenvalue weighted by molar-refractivity contribution is -0.135. The van der Waals surface area contributed by atoms with Gasteiger partial charge >= 0.3 is 0 Å². The zero-order valence-electron chi connectivity index (χ0n) is 20.6. The number of ketones is 1. The minimum atomic E-state index is -0.641. The molecule has 3 aromatic carbocycles. The fourth-order valence-electron chi connectivity index (χ4n) is 4.66. The summed E-state index contributed by atoms with van der Waals surface area (Å²) in [6, 6.07) is 22.9. The van der Waals surface area contributed by atoms with Gasteiger partial charge in [0.1, 0.15) is 6.04 Å². The summed E-state index contributed by atoms with van der Waals surface area (Å²) in [7, 11) is 0. The molecule has 1 heterocycles. The van der Waals surface area contributed by atoms with Crippen molar-refractivity contribution in [3.05, 3.63) is 106 Å². The van der Waals surface area contributed by atoms with E-state index in [0.29, 0.717) is 35.7 Å². The third-order valence-electron chi connectivity index (χ3n) is 6.79. The highest BCUT2D eigenvalue weighted by atomic mass is 35.5. The van der Waals surface area contributed by atoms with Crippen molar-refractivity contribution in [1.29, 1.82) is 0 Å². The Bertz CT molecular complexity index is 1220. The Morgan fingerprint density at radius 3 is 2.08 bits per heavy atom. The summed E-state index contributed by atoms with van der Waals surface area (Å²) in [4.78, 5) is 41.2. The normalized spacial score (nSPS) is 14.9. The molecule has 1 saturated heterocycles.